The zero-order valence-electron chi connectivity index (χ0n) is 16.4. The molecule has 2 atom stereocenters. The average molecular weight is 484 g/mol. The molecule has 2 unspecified atom stereocenters. The maximum absolute atomic E-state index is 5.79. The van der Waals surface area contributed by atoms with Crippen molar-refractivity contribution in [1.29, 1.82) is 0 Å². The lowest BCUT2D eigenvalue weighted by atomic mass is 9.93. The van der Waals surface area contributed by atoms with Gasteiger partial charge in [-0.2, -0.15) is 0 Å². The molecule has 6 heteroatoms. The number of guanidine groups is 1. The first-order valence-electron chi connectivity index (χ1n) is 10.2. The van der Waals surface area contributed by atoms with Gasteiger partial charge in [-0.3, -0.25) is 4.99 Å². The number of halogens is 1. The Kier molecular flexibility index (Phi) is 7.64. The molecule has 3 aliphatic heterocycles. The number of fused-ring (bicyclic) bond motifs is 1. The van der Waals surface area contributed by atoms with Crippen molar-refractivity contribution in [2.24, 2.45) is 10.9 Å². The molecule has 0 radical (unpaired) electrons. The van der Waals surface area contributed by atoms with Crippen molar-refractivity contribution in [3.8, 4) is 5.75 Å². The number of nitrogens with one attached hydrogen (secondary N) is 1. The first-order chi connectivity index (χ1) is 12.8. The average Bonchev–Trinajstić information content (AvgIpc) is 3.35. The van der Waals surface area contributed by atoms with Gasteiger partial charge in [-0.1, -0.05) is 18.2 Å². The van der Waals surface area contributed by atoms with Crippen LogP contribution < -0.4 is 10.1 Å². The summed E-state index contributed by atoms with van der Waals surface area (Å²) in [4.78, 5) is 9.66. The molecule has 5 nitrogen and oxygen atoms in total. The molecule has 0 bridgehead atoms. The second-order valence-corrected chi connectivity index (χ2v) is 7.91. The van der Waals surface area contributed by atoms with Crippen LogP contribution in [0.5, 0.6) is 5.75 Å². The third-order valence-corrected chi connectivity index (χ3v) is 6.10. The van der Waals surface area contributed by atoms with Crippen LogP contribution in [0.4, 0.5) is 0 Å². The van der Waals surface area contributed by atoms with E-state index < -0.39 is 0 Å². The van der Waals surface area contributed by atoms with Crippen molar-refractivity contribution in [3.63, 3.8) is 0 Å². The zero-order valence-corrected chi connectivity index (χ0v) is 18.7. The molecule has 1 aromatic carbocycles. The molecule has 1 N–H and O–H groups in total. The van der Waals surface area contributed by atoms with E-state index in [0.29, 0.717) is 5.92 Å². The van der Waals surface area contributed by atoms with E-state index in [4.69, 9.17) is 4.74 Å². The van der Waals surface area contributed by atoms with Gasteiger partial charge in [0.05, 0.1) is 6.61 Å². The van der Waals surface area contributed by atoms with Gasteiger partial charge >= 0.3 is 0 Å². The van der Waals surface area contributed by atoms with Crippen molar-refractivity contribution in [2.75, 3.05) is 52.9 Å². The predicted octanol–water partition coefficient (Wildman–Crippen LogP) is 3.16. The highest BCUT2D eigenvalue weighted by Gasteiger charge is 2.28. The number of nitrogens with zero attached hydrogens (tertiary/aromatic N) is 3. The van der Waals surface area contributed by atoms with E-state index in [1.807, 2.05) is 7.05 Å². The van der Waals surface area contributed by atoms with E-state index in [0.717, 1.165) is 50.3 Å². The summed E-state index contributed by atoms with van der Waals surface area (Å²) in [6.07, 6.45) is 5.12. The molecule has 150 valence electrons. The maximum atomic E-state index is 5.79. The lowest BCUT2D eigenvalue weighted by molar-refractivity contribution is 0.266. The van der Waals surface area contributed by atoms with Gasteiger partial charge < -0.3 is 19.9 Å². The zero-order chi connectivity index (χ0) is 17.8. The number of hydrogen-bond acceptors (Lipinski definition) is 3. The quantitative estimate of drug-likeness (QED) is 0.405. The SMILES string of the molecule is CN=C(NCC1CCOc2ccccc21)N1CCC(CN2CCCC2)C1.I. The number of para-hydroxylation sites is 1. The van der Waals surface area contributed by atoms with E-state index in [9.17, 15) is 0 Å². The molecule has 2 saturated heterocycles. The summed E-state index contributed by atoms with van der Waals surface area (Å²) in [6.45, 7) is 7.87. The lowest BCUT2D eigenvalue weighted by Crippen LogP contribution is -2.42. The summed E-state index contributed by atoms with van der Waals surface area (Å²) in [7, 11) is 1.91. The number of rotatable bonds is 4. The number of likely N-dealkylation sites (tertiary alicyclic amines) is 2. The van der Waals surface area contributed by atoms with Crippen LogP contribution in [-0.2, 0) is 0 Å². The van der Waals surface area contributed by atoms with Gasteiger partial charge in [0.15, 0.2) is 5.96 Å². The Hall–Kier alpha value is -1.02. The summed E-state index contributed by atoms with van der Waals surface area (Å²) in [5.41, 5.74) is 1.33. The largest absolute Gasteiger partial charge is 0.493 e. The lowest BCUT2D eigenvalue weighted by Gasteiger charge is -2.28. The first kappa shape index (κ1) is 20.7. The van der Waals surface area contributed by atoms with Crippen molar-refractivity contribution < 1.29 is 4.74 Å². The molecule has 4 rings (SSSR count). The Balaban J connectivity index is 0.00000210. The van der Waals surface area contributed by atoms with Crippen LogP contribution >= 0.6 is 24.0 Å². The van der Waals surface area contributed by atoms with Gasteiger partial charge in [-0.25, -0.2) is 0 Å². The van der Waals surface area contributed by atoms with Gasteiger partial charge in [0.1, 0.15) is 5.75 Å². The summed E-state index contributed by atoms with van der Waals surface area (Å²) in [5.74, 6) is 3.40. The molecule has 0 saturated carbocycles. The summed E-state index contributed by atoms with van der Waals surface area (Å²) < 4.78 is 5.79. The second-order valence-electron chi connectivity index (χ2n) is 7.91. The Morgan fingerprint density at radius 3 is 2.81 bits per heavy atom. The molecular formula is C21H33IN4O. The van der Waals surface area contributed by atoms with E-state index in [-0.39, 0.29) is 24.0 Å². The normalized spacial score (nSPS) is 25.7. The van der Waals surface area contributed by atoms with E-state index in [1.165, 1.54) is 44.5 Å². The third-order valence-electron chi connectivity index (χ3n) is 6.10. The number of benzene rings is 1. The van der Waals surface area contributed by atoms with Crippen molar-refractivity contribution in [1.82, 2.24) is 15.1 Å². The van der Waals surface area contributed by atoms with Crippen LogP contribution in [0.15, 0.2) is 29.3 Å². The monoisotopic (exact) mass is 484 g/mol. The summed E-state index contributed by atoms with van der Waals surface area (Å²) >= 11 is 0. The Labute approximate surface area is 180 Å². The molecule has 1 aromatic rings. The van der Waals surface area contributed by atoms with Crippen LogP contribution in [-0.4, -0.2) is 68.7 Å². The number of ether oxygens (including phenoxy) is 1. The highest BCUT2D eigenvalue weighted by atomic mass is 127. The first-order valence-corrected chi connectivity index (χ1v) is 10.2. The van der Waals surface area contributed by atoms with Gasteiger partial charge in [-0.05, 0) is 56.3 Å². The fraction of sp³-hybridized carbons (Fsp3) is 0.667. The number of hydrogen-bond donors (Lipinski definition) is 1. The molecule has 3 aliphatic rings. The molecular weight excluding hydrogens is 451 g/mol. The fourth-order valence-corrected chi connectivity index (χ4v) is 4.68. The van der Waals surface area contributed by atoms with E-state index >= 15 is 0 Å². The van der Waals surface area contributed by atoms with Crippen LogP contribution in [0.1, 0.15) is 37.2 Å². The van der Waals surface area contributed by atoms with Gasteiger partial charge in [0.2, 0.25) is 0 Å². The van der Waals surface area contributed by atoms with Crippen molar-refractivity contribution >= 4 is 29.9 Å². The van der Waals surface area contributed by atoms with E-state index in [2.05, 4.69) is 44.4 Å². The molecule has 0 aromatic heterocycles. The smallest absolute Gasteiger partial charge is 0.193 e. The van der Waals surface area contributed by atoms with Gasteiger partial charge in [0, 0.05) is 39.1 Å². The maximum Gasteiger partial charge on any atom is 0.193 e. The molecule has 2 fully saturated rings. The predicted molar refractivity (Wildman–Crippen MR) is 121 cm³/mol. The van der Waals surface area contributed by atoms with Gasteiger partial charge in [-0.15, -0.1) is 24.0 Å². The highest BCUT2D eigenvalue weighted by Crippen LogP contribution is 2.32. The van der Waals surface area contributed by atoms with Crippen LogP contribution in [0.25, 0.3) is 0 Å². The molecule has 27 heavy (non-hydrogen) atoms. The molecule has 3 heterocycles. The summed E-state index contributed by atoms with van der Waals surface area (Å²) in [5, 5.41) is 3.64. The minimum atomic E-state index is 0. The Morgan fingerprint density at radius 1 is 1.19 bits per heavy atom. The minimum absolute atomic E-state index is 0. The highest BCUT2D eigenvalue weighted by molar-refractivity contribution is 14.0. The number of aliphatic imine (C=N–C) groups is 1. The van der Waals surface area contributed by atoms with Crippen LogP contribution in [0.2, 0.25) is 0 Å². The van der Waals surface area contributed by atoms with Crippen molar-refractivity contribution in [2.45, 2.75) is 31.6 Å². The minimum Gasteiger partial charge on any atom is -0.493 e. The summed E-state index contributed by atoms with van der Waals surface area (Å²) in [6, 6.07) is 8.45. The Morgan fingerprint density at radius 2 is 2.00 bits per heavy atom. The Bertz CT molecular complexity index is 632. The van der Waals surface area contributed by atoms with E-state index in [1.54, 1.807) is 0 Å². The molecule has 0 amide bonds. The standard InChI is InChI=1S/C21H32N4O.HI/c1-22-21(25-12-8-17(16-25)15-24-10-4-5-11-24)23-14-18-9-13-26-20-7-3-2-6-19(18)20;/h2-3,6-7,17-18H,4-5,8-16H2,1H3,(H,22,23);1H. The molecule has 0 spiro atoms. The topological polar surface area (TPSA) is 40.1 Å². The van der Waals surface area contributed by atoms with Crippen LogP contribution in [0, 0.1) is 5.92 Å². The second kappa shape index (κ2) is 9.96. The van der Waals surface area contributed by atoms with Gasteiger partial charge in [0.25, 0.3) is 0 Å². The fourth-order valence-electron chi connectivity index (χ4n) is 4.68. The molecule has 0 aliphatic carbocycles. The third kappa shape index (κ3) is 5.08. The van der Waals surface area contributed by atoms with Crippen LogP contribution in [0.3, 0.4) is 0 Å². The van der Waals surface area contributed by atoms with Crippen molar-refractivity contribution in [3.05, 3.63) is 29.8 Å².